The van der Waals surface area contributed by atoms with Crippen LogP contribution in [0.5, 0.6) is 0 Å². The van der Waals surface area contributed by atoms with Crippen molar-refractivity contribution in [2.45, 2.75) is 0 Å². The standard InChI is InChI=1S/C6H6O5/c7-4(6(10)11)2-1-3-5(8)9/h1-3,7H,(H,8,9)(H,10,11)/b3-1+,4-2+. The molecule has 3 N–H and O–H groups in total. The molecule has 0 aliphatic heterocycles. The smallest absolute Gasteiger partial charge is 0.370 e. The maximum Gasteiger partial charge on any atom is 0.370 e. The molecule has 11 heavy (non-hydrogen) atoms. The molecule has 0 bridgehead atoms. The van der Waals surface area contributed by atoms with Gasteiger partial charge in [-0.15, -0.1) is 0 Å². The molecule has 0 atom stereocenters. The number of aliphatic carboxylic acids is 2. The number of carboxylic acids is 2. The van der Waals surface area contributed by atoms with E-state index in [-0.39, 0.29) is 0 Å². The highest BCUT2D eigenvalue weighted by Gasteiger charge is 1.99. The number of aliphatic hydroxyl groups is 1. The zero-order valence-electron chi connectivity index (χ0n) is 5.39. The maximum atomic E-state index is 9.88. The van der Waals surface area contributed by atoms with Crippen molar-refractivity contribution in [3.8, 4) is 0 Å². The first-order valence-corrected chi connectivity index (χ1v) is 2.57. The first-order chi connectivity index (χ1) is 5.04. The van der Waals surface area contributed by atoms with E-state index >= 15 is 0 Å². The first-order valence-electron chi connectivity index (χ1n) is 2.57. The van der Waals surface area contributed by atoms with Gasteiger partial charge in [-0.3, -0.25) is 0 Å². The molecule has 0 aromatic heterocycles. The normalized spacial score (nSPS) is 11.8. The Balaban J connectivity index is 4.13. The van der Waals surface area contributed by atoms with Crippen molar-refractivity contribution < 1.29 is 24.9 Å². The number of allylic oxidation sites excluding steroid dienone is 2. The van der Waals surface area contributed by atoms with Crippen molar-refractivity contribution >= 4 is 11.9 Å². The van der Waals surface area contributed by atoms with Gasteiger partial charge in [-0.1, -0.05) is 6.08 Å². The van der Waals surface area contributed by atoms with Crippen LogP contribution in [0.1, 0.15) is 0 Å². The van der Waals surface area contributed by atoms with Crippen molar-refractivity contribution in [1.29, 1.82) is 0 Å². The number of carbonyl (C=O) groups is 2. The van der Waals surface area contributed by atoms with Gasteiger partial charge >= 0.3 is 11.9 Å². The summed E-state index contributed by atoms with van der Waals surface area (Å²) in [6, 6.07) is 0. The first kappa shape index (κ1) is 9.22. The molecular formula is C6H6O5. The van der Waals surface area contributed by atoms with E-state index in [9.17, 15) is 9.59 Å². The van der Waals surface area contributed by atoms with Crippen LogP contribution in [-0.2, 0) is 9.59 Å². The Morgan fingerprint density at radius 2 is 1.64 bits per heavy atom. The second-order valence-corrected chi connectivity index (χ2v) is 1.55. The maximum absolute atomic E-state index is 9.88. The lowest BCUT2D eigenvalue weighted by Gasteiger charge is -1.85. The summed E-state index contributed by atoms with van der Waals surface area (Å²) in [7, 11) is 0. The number of hydrogen-bond acceptors (Lipinski definition) is 3. The Kier molecular flexibility index (Phi) is 3.44. The van der Waals surface area contributed by atoms with E-state index in [1.807, 2.05) is 0 Å². The van der Waals surface area contributed by atoms with Crippen LogP contribution in [0.15, 0.2) is 24.0 Å². The Morgan fingerprint density at radius 3 is 2.00 bits per heavy atom. The SMILES string of the molecule is O=C(O)/C=C/C=C(/O)C(=O)O. The fourth-order valence-electron chi connectivity index (χ4n) is 0.293. The summed E-state index contributed by atoms with van der Waals surface area (Å²) in [4.78, 5) is 19.7. The van der Waals surface area contributed by atoms with E-state index in [0.29, 0.717) is 6.08 Å². The lowest BCUT2D eigenvalue weighted by molar-refractivity contribution is -0.135. The van der Waals surface area contributed by atoms with Gasteiger partial charge in [0.05, 0.1) is 0 Å². The van der Waals surface area contributed by atoms with Gasteiger partial charge in [-0.2, -0.15) is 0 Å². The average molecular weight is 158 g/mol. The molecule has 5 nitrogen and oxygen atoms in total. The van der Waals surface area contributed by atoms with Crippen molar-refractivity contribution in [3.63, 3.8) is 0 Å². The van der Waals surface area contributed by atoms with E-state index in [1.54, 1.807) is 0 Å². The summed E-state index contributed by atoms with van der Waals surface area (Å²) in [5.41, 5.74) is 0. The predicted octanol–water partition coefficient (Wildman–Crippen LogP) is 0.154. The summed E-state index contributed by atoms with van der Waals surface area (Å²) in [6.07, 6.45) is 2.40. The molecule has 0 aromatic carbocycles. The lowest BCUT2D eigenvalue weighted by Crippen LogP contribution is -1.97. The van der Waals surface area contributed by atoms with Gasteiger partial charge in [0.25, 0.3) is 0 Å². The molecule has 5 heteroatoms. The zero-order chi connectivity index (χ0) is 8.85. The lowest BCUT2D eigenvalue weighted by atomic mass is 10.4. The zero-order valence-corrected chi connectivity index (χ0v) is 5.39. The second kappa shape index (κ2) is 4.10. The van der Waals surface area contributed by atoms with Gasteiger partial charge in [0.15, 0.2) is 0 Å². The summed E-state index contributed by atoms with van der Waals surface area (Å²) in [5.74, 6) is -3.61. The van der Waals surface area contributed by atoms with Crippen LogP contribution >= 0.6 is 0 Å². The third kappa shape index (κ3) is 4.71. The van der Waals surface area contributed by atoms with Crippen LogP contribution < -0.4 is 0 Å². The van der Waals surface area contributed by atoms with Crippen LogP contribution in [0.25, 0.3) is 0 Å². The van der Waals surface area contributed by atoms with Gasteiger partial charge in [0.1, 0.15) is 0 Å². The molecule has 0 saturated heterocycles. The Hall–Kier alpha value is -1.78. The molecule has 0 unspecified atom stereocenters. The van der Waals surface area contributed by atoms with Crippen molar-refractivity contribution in [1.82, 2.24) is 0 Å². The quantitative estimate of drug-likeness (QED) is 0.309. The van der Waals surface area contributed by atoms with Crippen LogP contribution in [0, 0.1) is 0 Å². The highest BCUT2D eigenvalue weighted by Crippen LogP contribution is 1.88. The van der Waals surface area contributed by atoms with E-state index in [1.165, 1.54) is 0 Å². The fourth-order valence-corrected chi connectivity index (χ4v) is 0.293. The molecule has 60 valence electrons. The van der Waals surface area contributed by atoms with Crippen LogP contribution in [-0.4, -0.2) is 27.3 Å². The van der Waals surface area contributed by atoms with Crippen LogP contribution in [0.2, 0.25) is 0 Å². The molecule has 0 radical (unpaired) electrons. The van der Waals surface area contributed by atoms with Crippen molar-refractivity contribution in [2.75, 3.05) is 0 Å². The van der Waals surface area contributed by atoms with Gasteiger partial charge in [0, 0.05) is 6.08 Å². The van der Waals surface area contributed by atoms with Gasteiger partial charge in [-0.25, -0.2) is 9.59 Å². The molecule has 0 aliphatic carbocycles. The topological polar surface area (TPSA) is 94.8 Å². The van der Waals surface area contributed by atoms with E-state index in [0.717, 1.165) is 12.2 Å². The molecule has 0 aliphatic rings. The highest BCUT2D eigenvalue weighted by molar-refractivity contribution is 5.85. The van der Waals surface area contributed by atoms with Gasteiger partial charge in [-0.05, 0) is 6.08 Å². The Bertz CT molecular complexity index is 225. The monoisotopic (exact) mass is 158 g/mol. The van der Waals surface area contributed by atoms with Crippen LogP contribution in [0.4, 0.5) is 0 Å². The largest absolute Gasteiger partial charge is 0.502 e. The number of aliphatic hydroxyl groups excluding tert-OH is 1. The fraction of sp³-hybridized carbons (Fsp3) is 0. The van der Waals surface area contributed by atoms with E-state index < -0.39 is 17.7 Å². The molecule has 0 aromatic rings. The molecule has 0 saturated carbocycles. The average Bonchev–Trinajstić information content (AvgIpc) is 1.86. The minimum absolute atomic E-state index is 0.708. The summed E-state index contributed by atoms with van der Waals surface area (Å²) < 4.78 is 0. The minimum Gasteiger partial charge on any atom is -0.502 e. The molecule has 0 spiro atoms. The minimum atomic E-state index is -1.50. The van der Waals surface area contributed by atoms with E-state index in [2.05, 4.69) is 0 Å². The summed E-state index contributed by atoms with van der Waals surface area (Å²) in [5, 5.41) is 24.5. The summed E-state index contributed by atoms with van der Waals surface area (Å²) in [6.45, 7) is 0. The van der Waals surface area contributed by atoms with Gasteiger partial charge in [0.2, 0.25) is 5.76 Å². The predicted molar refractivity (Wildman–Crippen MR) is 35.1 cm³/mol. The molecule has 0 heterocycles. The van der Waals surface area contributed by atoms with Gasteiger partial charge < -0.3 is 15.3 Å². The molecule has 0 rings (SSSR count). The second-order valence-electron chi connectivity index (χ2n) is 1.55. The molecular weight excluding hydrogens is 152 g/mol. The third-order valence-electron chi connectivity index (χ3n) is 0.712. The highest BCUT2D eigenvalue weighted by atomic mass is 16.4. The number of rotatable bonds is 3. The summed E-state index contributed by atoms with van der Waals surface area (Å²) >= 11 is 0. The molecule has 0 amide bonds. The Labute approximate surface area is 61.9 Å². The molecule has 0 fully saturated rings. The number of carboxylic acid groups (broad SMARTS) is 2. The van der Waals surface area contributed by atoms with Crippen molar-refractivity contribution in [3.05, 3.63) is 24.0 Å². The van der Waals surface area contributed by atoms with Crippen molar-refractivity contribution in [2.24, 2.45) is 0 Å². The van der Waals surface area contributed by atoms with Crippen LogP contribution in [0.3, 0.4) is 0 Å². The third-order valence-corrected chi connectivity index (χ3v) is 0.712. The Morgan fingerprint density at radius 1 is 1.09 bits per heavy atom. The number of hydrogen-bond donors (Lipinski definition) is 3. The van der Waals surface area contributed by atoms with E-state index in [4.69, 9.17) is 15.3 Å².